The number of halogens is 2. The van der Waals surface area contributed by atoms with E-state index < -0.39 is 0 Å². The lowest BCUT2D eigenvalue weighted by Gasteiger charge is -2.10. The van der Waals surface area contributed by atoms with Crippen LogP contribution in [0.5, 0.6) is 0 Å². The molecule has 0 bridgehead atoms. The van der Waals surface area contributed by atoms with E-state index in [4.69, 9.17) is 17.3 Å². The number of benzene rings is 1. The van der Waals surface area contributed by atoms with E-state index in [1.165, 1.54) is 6.07 Å². The van der Waals surface area contributed by atoms with Gasteiger partial charge in [0.15, 0.2) is 0 Å². The van der Waals surface area contributed by atoms with E-state index in [9.17, 15) is 4.39 Å². The highest BCUT2D eigenvalue weighted by molar-refractivity contribution is 6.31. The Balaban J connectivity index is 2.10. The van der Waals surface area contributed by atoms with Crippen LogP contribution in [0.3, 0.4) is 0 Å². The van der Waals surface area contributed by atoms with Crippen molar-refractivity contribution in [2.75, 3.05) is 0 Å². The average Bonchev–Trinajstić information content (AvgIpc) is 2.89. The summed E-state index contributed by atoms with van der Waals surface area (Å²) in [7, 11) is 0. The van der Waals surface area contributed by atoms with Gasteiger partial charge in [-0.25, -0.2) is 4.39 Å². The van der Waals surface area contributed by atoms with Gasteiger partial charge in [0, 0.05) is 10.6 Å². The van der Waals surface area contributed by atoms with Crippen molar-refractivity contribution in [1.29, 1.82) is 0 Å². The van der Waals surface area contributed by atoms with Crippen LogP contribution in [0, 0.1) is 12.7 Å². The van der Waals surface area contributed by atoms with Crippen LogP contribution in [0.15, 0.2) is 12.1 Å². The molecular formula is C12H15ClFN. The Hall–Kier alpha value is -0.600. The molecule has 1 fully saturated rings. The molecule has 2 rings (SSSR count). The van der Waals surface area contributed by atoms with Gasteiger partial charge in [0.25, 0.3) is 0 Å². The molecule has 0 radical (unpaired) electrons. The Morgan fingerprint density at radius 2 is 2.13 bits per heavy atom. The van der Waals surface area contributed by atoms with E-state index in [1.54, 1.807) is 13.0 Å². The molecule has 2 N–H and O–H groups in total. The molecule has 0 amide bonds. The first-order valence-corrected chi connectivity index (χ1v) is 5.61. The molecule has 1 nitrogen and oxygen atoms in total. The minimum absolute atomic E-state index is 0.0240. The zero-order valence-corrected chi connectivity index (χ0v) is 9.57. The Labute approximate surface area is 94.4 Å². The normalized spacial score (nSPS) is 17.9. The van der Waals surface area contributed by atoms with Gasteiger partial charge >= 0.3 is 0 Å². The van der Waals surface area contributed by atoms with Crippen molar-refractivity contribution in [1.82, 2.24) is 0 Å². The van der Waals surface area contributed by atoms with Gasteiger partial charge in [0.2, 0.25) is 0 Å². The zero-order chi connectivity index (χ0) is 11.1. The number of aryl methyl sites for hydroxylation is 2. The molecular weight excluding hydrogens is 213 g/mol. The molecule has 0 aromatic heterocycles. The molecule has 0 unspecified atom stereocenters. The van der Waals surface area contributed by atoms with Crippen molar-refractivity contribution in [2.24, 2.45) is 5.73 Å². The first-order valence-electron chi connectivity index (χ1n) is 5.24. The second kappa shape index (κ2) is 3.76. The van der Waals surface area contributed by atoms with Gasteiger partial charge in [-0.2, -0.15) is 0 Å². The van der Waals surface area contributed by atoms with Crippen LogP contribution in [0.4, 0.5) is 4.39 Å². The van der Waals surface area contributed by atoms with Crippen molar-refractivity contribution in [3.63, 3.8) is 0 Å². The topological polar surface area (TPSA) is 26.0 Å². The Morgan fingerprint density at radius 1 is 1.47 bits per heavy atom. The van der Waals surface area contributed by atoms with Gasteiger partial charge < -0.3 is 5.73 Å². The molecule has 0 aliphatic heterocycles. The standard InChI is InChI=1S/C12H15ClFN/c1-8-6-11(14)9(7-10(8)13)2-3-12(15)4-5-12/h6-7H,2-5,15H2,1H3. The van der Waals surface area contributed by atoms with E-state index in [2.05, 4.69) is 0 Å². The molecule has 1 aliphatic rings. The average molecular weight is 228 g/mol. The largest absolute Gasteiger partial charge is 0.325 e. The van der Waals surface area contributed by atoms with Crippen molar-refractivity contribution >= 4 is 11.6 Å². The van der Waals surface area contributed by atoms with Gasteiger partial charge in [-0.3, -0.25) is 0 Å². The molecule has 1 aromatic rings. The molecule has 0 heterocycles. The van der Waals surface area contributed by atoms with Gasteiger partial charge in [-0.1, -0.05) is 11.6 Å². The predicted octanol–water partition coefficient (Wildman–Crippen LogP) is 3.21. The van der Waals surface area contributed by atoms with Crippen LogP contribution in [-0.2, 0) is 6.42 Å². The van der Waals surface area contributed by atoms with Crippen LogP contribution in [0.2, 0.25) is 5.02 Å². The van der Waals surface area contributed by atoms with Crippen molar-refractivity contribution < 1.29 is 4.39 Å². The number of hydrogen-bond donors (Lipinski definition) is 1. The summed E-state index contributed by atoms with van der Waals surface area (Å²) in [5, 5.41) is 0.633. The molecule has 0 saturated heterocycles. The number of nitrogens with two attached hydrogens (primary N) is 1. The Kier molecular flexibility index (Phi) is 2.73. The molecule has 0 atom stereocenters. The van der Waals surface area contributed by atoms with Gasteiger partial charge in [-0.05, 0) is 55.9 Å². The summed E-state index contributed by atoms with van der Waals surface area (Å²) in [4.78, 5) is 0. The maximum absolute atomic E-state index is 13.5. The van der Waals surface area contributed by atoms with E-state index in [1.807, 2.05) is 0 Å². The lowest BCUT2D eigenvalue weighted by molar-refractivity contribution is 0.570. The minimum Gasteiger partial charge on any atom is -0.325 e. The van der Waals surface area contributed by atoms with Gasteiger partial charge in [-0.15, -0.1) is 0 Å². The molecule has 82 valence electrons. The summed E-state index contributed by atoms with van der Waals surface area (Å²) >= 11 is 5.95. The third kappa shape index (κ3) is 2.50. The SMILES string of the molecule is Cc1cc(F)c(CCC2(N)CC2)cc1Cl. The van der Waals surface area contributed by atoms with Crippen LogP contribution < -0.4 is 5.73 Å². The van der Waals surface area contributed by atoms with Gasteiger partial charge in [0.05, 0.1) is 0 Å². The van der Waals surface area contributed by atoms with Crippen LogP contribution in [-0.4, -0.2) is 5.54 Å². The summed E-state index contributed by atoms with van der Waals surface area (Å²) in [5.74, 6) is -0.166. The third-order valence-corrected chi connectivity index (χ3v) is 3.52. The lowest BCUT2D eigenvalue weighted by atomic mass is 10.0. The molecule has 0 spiro atoms. The number of hydrogen-bond acceptors (Lipinski definition) is 1. The summed E-state index contributed by atoms with van der Waals surface area (Å²) < 4.78 is 13.5. The second-order valence-corrected chi connectivity index (χ2v) is 4.96. The maximum atomic E-state index is 13.5. The van der Waals surface area contributed by atoms with E-state index in [0.717, 1.165) is 24.8 Å². The van der Waals surface area contributed by atoms with Crippen LogP contribution >= 0.6 is 11.6 Å². The first-order chi connectivity index (χ1) is 7.00. The molecule has 1 aliphatic carbocycles. The van der Waals surface area contributed by atoms with E-state index >= 15 is 0 Å². The maximum Gasteiger partial charge on any atom is 0.126 e. The lowest BCUT2D eigenvalue weighted by Crippen LogP contribution is -2.22. The fraction of sp³-hybridized carbons (Fsp3) is 0.500. The smallest absolute Gasteiger partial charge is 0.126 e. The highest BCUT2D eigenvalue weighted by Crippen LogP contribution is 2.37. The van der Waals surface area contributed by atoms with Crippen LogP contribution in [0.1, 0.15) is 30.4 Å². The fourth-order valence-electron chi connectivity index (χ4n) is 1.67. The van der Waals surface area contributed by atoms with E-state index in [-0.39, 0.29) is 11.4 Å². The zero-order valence-electron chi connectivity index (χ0n) is 8.82. The van der Waals surface area contributed by atoms with Crippen LogP contribution in [0.25, 0.3) is 0 Å². The van der Waals surface area contributed by atoms with E-state index in [0.29, 0.717) is 17.0 Å². The molecule has 3 heteroatoms. The van der Waals surface area contributed by atoms with Crippen molar-refractivity contribution in [2.45, 2.75) is 38.1 Å². The first kappa shape index (κ1) is 10.9. The summed E-state index contributed by atoms with van der Waals surface area (Å²) in [5.41, 5.74) is 7.40. The fourth-order valence-corrected chi connectivity index (χ4v) is 1.86. The monoisotopic (exact) mass is 227 g/mol. The molecule has 15 heavy (non-hydrogen) atoms. The Morgan fingerprint density at radius 3 is 2.73 bits per heavy atom. The van der Waals surface area contributed by atoms with Crippen molar-refractivity contribution in [3.8, 4) is 0 Å². The van der Waals surface area contributed by atoms with Gasteiger partial charge in [0.1, 0.15) is 5.82 Å². The second-order valence-electron chi connectivity index (χ2n) is 4.56. The van der Waals surface area contributed by atoms with Crippen molar-refractivity contribution in [3.05, 3.63) is 34.1 Å². The quantitative estimate of drug-likeness (QED) is 0.843. The summed E-state index contributed by atoms with van der Waals surface area (Å²) in [6, 6.07) is 3.21. The summed E-state index contributed by atoms with van der Waals surface area (Å²) in [6.07, 6.45) is 3.66. The highest BCUT2D eigenvalue weighted by atomic mass is 35.5. The summed E-state index contributed by atoms with van der Waals surface area (Å²) in [6.45, 7) is 1.81. The molecule has 1 saturated carbocycles. The Bertz CT molecular complexity index is 385. The minimum atomic E-state index is -0.166. The molecule has 1 aromatic carbocycles. The third-order valence-electron chi connectivity index (χ3n) is 3.11. The highest BCUT2D eigenvalue weighted by Gasteiger charge is 2.37. The predicted molar refractivity (Wildman–Crippen MR) is 60.6 cm³/mol. The number of rotatable bonds is 3.